The molecule has 2 saturated heterocycles. The van der Waals surface area contributed by atoms with E-state index in [4.69, 9.17) is 5.26 Å². The van der Waals surface area contributed by atoms with E-state index in [2.05, 4.69) is 10.2 Å². The SMILES string of the molecule is N#Cc1ccc(N2C[C@@H]3CCCN[C@@H]3C2)c(F)c1. The molecule has 2 fully saturated rings. The second-order valence-corrected chi connectivity index (χ2v) is 5.15. The van der Waals surface area contributed by atoms with Crippen LogP contribution in [0.5, 0.6) is 0 Å². The summed E-state index contributed by atoms with van der Waals surface area (Å²) in [6, 6.07) is 7.20. The molecule has 0 amide bonds. The van der Waals surface area contributed by atoms with Crippen LogP contribution < -0.4 is 10.2 Å². The van der Waals surface area contributed by atoms with Crippen LogP contribution in [-0.2, 0) is 0 Å². The van der Waals surface area contributed by atoms with E-state index < -0.39 is 0 Å². The molecule has 0 radical (unpaired) electrons. The molecule has 94 valence electrons. The normalized spacial score (nSPS) is 26.8. The van der Waals surface area contributed by atoms with Crippen LogP contribution in [0.1, 0.15) is 18.4 Å². The lowest BCUT2D eigenvalue weighted by Gasteiger charge is -2.24. The van der Waals surface area contributed by atoms with Crippen LogP contribution in [0, 0.1) is 23.1 Å². The van der Waals surface area contributed by atoms with Gasteiger partial charge in [-0.05, 0) is 43.5 Å². The molecular formula is C14H16FN3. The number of nitrogens with one attached hydrogen (secondary N) is 1. The number of anilines is 1. The molecule has 1 aromatic carbocycles. The molecule has 18 heavy (non-hydrogen) atoms. The fourth-order valence-electron chi connectivity index (χ4n) is 3.08. The first-order valence-electron chi connectivity index (χ1n) is 6.46. The van der Waals surface area contributed by atoms with Crippen molar-refractivity contribution in [1.82, 2.24) is 5.32 Å². The van der Waals surface area contributed by atoms with Gasteiger partial charge in [-0.1, -0.05) is 0 Å². The van der Waals surface area contributed by atoms with E-state index in [0.29, 0.717) is 23.2 Å². The number of hydrogen-bond donors (Lipinski definition) is 1. The van der Waals surface area contributed by atoms with Gasteiger partial charge in [0.25, 0.3) is 0 Å². The number of hydrogen-bond acceptors (Lipinski definition) is 3. The van der Waals surface area contributed by atoms with Crippen molar-refractivity contribution in [3.8, 4) is 6.07 Å². The Bertz CT molecular complexity index is 480. The van der Waals surface area contributed by atoms with Crippen LogP contribution in [-0.4, -0.2) is 25.7 Å². The second-order valence-electron chi connectivity index (χ2n) is 5.15. The van der Waals surface area contributed by atoms with Crippen molar-refractivity contribution in [3.63, 3.8) is 0 Å². The summed E-state index contributed by atoms with van der Waals surface area (Å²) in [6.45, 7) is 2.86. The minimum Gasteiger partial charge on any atom is -0.367 e. The Morgan fingerprint density at radius 2 is 2.28 bits per heavy atom. The summed E-state index contributed by atoms with van der Waals surface area (Å²) in [5, 5.41) is 12.3. The van der Waals surface area contributed by atoms with Gasteiger partial charge < -0.3 is 10.2 Å². The zero-order valence-electron chi connectivity index (χ0n) is 10.2. The van der Waals surface area contributed by atoms with E-state index >= 15 is 0 Å². The highest BCUT2D eigenvalue weighted by molar-refractivity contribution is 5.52. The summed E-state index contributed by atoms with van der Waals surface area (Å²) in [5.74, 6) is 0.349. The van der Waals surface area contributed by atoms with Crippen molar-refractivity contribution in [2.45, 2.75) is 18.9 Å². The van der Waals surface area contributed by atoms with Gasteiger partial charge in [-0.3, -0.25) is 0 Å². The molecule has 1 aromatic rings. The topological polar surface area (TPSA) is 39.1 Å². The first-order chi connectivity index (χ1) is 8.78. The molecule has 3 nitrogen and oxygen atoms in total. The molecule has 0 unspecified atom stereocenters. The van der Waals surface area contributed by atoms with Crippen LogP contribution in [0.25, 0.3) is 0 Å². The summed E-state index contributed by atoms with van der Waals surface area (Å²) in [5.41, 5.74) is 1.01. The lowest BCUT2D eigenvalue weighted by Crippen LogP contribution is -2.40. The molecule has 1 N–H and O–H groups in total. The fourth-order valence-corrected chi connectivity index (χ4v) is 3.08. The summed E-state index contributed by atoms with van der Waals surface area (Å²) in [6.07, 6.45) is 2.44. The van der Waals surface area contributed by atoms with Crippen molar-refractivity contribution >= 4 is 5.69 Å². The number of nitriles is 1. The average molecular weight is 245 g/mol. The van der Waals surface area contributed by atoms with Crippen molar-refractivity contribution in [2.24, 2.45) is 5.92 Å². The highest BCUT2D eigenvalue weighted by atomic mass is 19.1. The van der Waals surface area contributed by atoms with Gasteiger partial charge in [-0.15, -0.1) is 0 Å². The van der Waals surface area contributed by atoms with Crippen LogP contribution in [0.15, 0.2) is 18.2 Å². The molecule has 0 saturated carbocycles. The van der Waals surface area contributed by atoms with Crippen molar-refractivity contribution in [3.05, 3.63) is 29.6 Å². The quantitative estimate of drug-likeness (QED) is 0.821. The van der Waals surface area contributed by atoms with Gasteiger partial charge in [0.2, 0.25) is 0 Å². The highest BCUT2D eigenvalue weighted by Gasteiger charge is 2.35. The molecule has 2 aliphatic rings. The van der Waals surface area contributed by atoms with Gasteiger partial charge in [0.15, 0.2) is 0 Å². The van der Waals surface area contributed by atoms with E-state index in [1.54, 1.807) is 12.1 Å². The third-order valence-electron chi connectivity index (χ3n) is 4.02. The first kappa shape index (κ1) is 11.5. The van der Waals surface area contributed by atoms with E-state index in [1.165, 1.54) is 18.9 Å². The molecule has 2 atom stereocenters. The predicted molar refractivity (Wildman–Crippen MR) is 67.8 cm³/mol. The average Bonchev–Trinajstić information content (AvgIpc) is 2.81. The molecule has 0 aromatic heterocycles. The largest absolute Gasteiger partial charge is 0.367 e. The second kappa shape index (κ2) is 4.58. The number of nitrogens with zero attached hydrogens (tertiary/aromatic N) is 2. The summed E-state index contributed by atoms with van der Waals surface area (Å²) in [7, 11) is 0. The van der Waals surface area contributed by atoms with Crippen LogP contribution in [0.2, 0.25) is 0 Å². The monoisotopic (exact) mass is 245 g/mol. The zero-order valence-corrected chi connectivity index (χ0v) is 10.2. The third-order valence-corrected chi connectivity index (χ3v) is 4.02. The number of rotatable bonds is 1. The number of halogens is 1. The van der Waals surface area contributed by atoms with E-state index in [-0.39, 0.29) is 5.82 Å². The summed E-state index contributed by atoms with van der Waals surface area (Å²) < 4.78 is 14.0. The number of piperidine rings is 1. The summed E-state index contributed by atoms with van der Waals surface area (Å²) in [4.78, 5) is 2.10. The molecule has 2 heterocycles. The molecule has 3 rings (SSSR count). The van der Waals surface area contributed by atoms with E-state index in [1.807, 2.05) is 6.07 Å². The maximum Gasteiger partial charge on any atom is 0.147 e. The van der Waals surface area contributed by atoms with Gasteiger partial charge >= 0.3 is 0 Å². The van der Waals surface area contributed by atoms with Gasteiger partial charge in [0.1, 0.15) is 5.82 Å². The molecule has 0 bridgehead atoms. The minimum absolute atomic E-state index is 0.285. The fraction of sp³-hybridized carbons (Fsp3) is 0.500. The van der Waals surface area contributed by atoms with Crippen LogP contribution >= 0.6 is 0 Å². The molecular weight excluding hydrogens is 229 g/mol. The van der Waals surface area contributed by atoms with Gasteiger partial charge in [-0.25, -0.2) is 4.39 Å². The van der Waals surface area contributed by atoms with Crippen molar-refractivity contribution in [1.29, 1.82) is 5.26 Å². The predicted octanol–water partition coefficient (Wildman–Crippen LogP) is 1.89. The first-order valence-corrected chi connectivity index (χ1v) is 6.46. The Kier molecular flexibility index (Phi) is 2.92. The number of benzene rings is 1. The molecule has 0 aliphatic carbocycles. The standard InChI is InChI=1S/C14H16FN3/c15-12-6-10(7-16)3-4-14(12)18-8-11-2-1-5-17-13(11)9-18/h3-4,6,11,13,17H,1-2,5,8-9H2/t11-,13+/m0/s1. The van der Waals surface area contributed by atoms with E-state index in [9.17, 15) is 4.39 Å². The molecule has 2 aliphatic heterocycles. The van der Waals surface area contributed by atoms with E-state index in [0.717, 1.165) is 19.6 Å². The minimum atomic E-state index is -0.285. The van der Waals surface area contributed by atoms with Crippen molar-refractivity contribution in [2.75, 3.05) is 24.5 Å². The Balaban J connectivity index is 1.82. The van der Waals surface area contributed by atoms with Crippen LogP contribution in [0.3, 0.4) is 0 Å². The molecule has 4 heteroatoms. The zero-order chi connectivity index (χ0) is 12.5. The van der Waals surface area contributed by atoms with Gasteiger partial charge in [-0.2, -0.15) is 5.26 Å². The highest BCUT2D eigenvalue weighted by Crippen LogP contribution is 2.30. The maximum atomic E-state index is 14.0. The lowest BCUT2D eigenvalue weighted by atomic mass is 9.94. The third kappa shape index (κ3) is 1.95. The summed E-state index contributed by atoms with van der Waals surface area (Å²) >= 11 is 0. The lowest BCUT2D eigenvalue weighted by molar-refractivity contribution is 0.340. The Labute approximate surface area is 106 Å². The Morgan fingerprint density at radius 1 is 1.39 bits per heavy atom. The molecule has 0 spiro atoms. The van der Waals surface area contributed by atoms with Crippen LogP contribution in [0.4, 0.5) is 10.1 Å². The van der Waals surface area contributed by atoms with Gasteiger partial charge in [0.05, 0.1) is 17.3 Å². The number of fused-ring (bicyclic) bond motifs is 1. The van der Waals surface area contributed by atoms with Gasteiger partial charge in [0, 0.05) is 19.1 Å². The Hall–Kier alpha value is -1.60. The van der Waals surface area contributed by atoms with Crippen molar-refractivity contribution < 1.29 is 4.39 Å². The maximum absolute atomic E-state index is 14.0. The smallest absolute Gasteiger partial charge is 0.147 e. The Morgan fingerprint density at radius 3 is 3.00 bits per heavy atom.